The highest BCUT2D eigenvalue weighted by molar-refractivity contribution is 6.74. The van der Waals surface area contributed by atoms with Gasteiger partial charge in [0, 0.05) is 17.6 Å². The molecule has 1 aromatic carbocycles. The van der Waals surface area contributed by atoms with Crippen molar-refractivity contribution in [2.45, 2.75) is 103 Å². The Morgan fingerprint density at radius 3 is 2.53 bits per heavy atom. The molecule has 0 spiro atoms. The van der Waals surface area contributed by atoms with Gasteiger partial charge in [-0.15, -0.1) is 0 Å². The highest BCUT2D eigenvalue weighted by Crippen LogP contribution is 2.51. The first kappa shape index (κ1) is 28.0. The molecule has 1 unspecified atom stereocenters. The predicted octanol–water partition coefficient (Wildman–Crippen LogP) is 7.31. The quantitative estimate of drug-likeness (QED) is 0.226. The Balaban J connectivity index is 1.47. The van der Waals surface area contributed by atoms with Crippen LogP contribution in [0, 0.1) is 0 Å². The molecule has 0 aliphatic carbocycles. The lowest BCUT2D eigenvalue weighted by molar-refractivity contribution is -0.210. The number of ether oxygens (including phenoxy) is 3. The maximum atomic E-state index is 6.75. The van der Waals surface area contributed by atoms with Gasteiger partial charge in [0.05, 0.1) is 18.1 Å². The Kier molecular flexibility index (Phi) is 7.04. The van der Waals surface area contributed by atoms with Gasteiger partial charge in [-0.05, 0) is 68.2 Å². The number of hydrogen-bond acceptors (Lipinski definition) is 6. The highest BCUT2D eigenvalue weighted by Gasteiger charge is 2.64. The zero-order valence-electron chi connectivity index (χ0n) is 23.3. The van der Waals surface area contributed by atoms with E-state index in [-0.39, 0.29) is 17.2 Å². The first-order valence-corrected chi connectivity index (χ1v) is 16.7. The van der Waals surface area contributed by atoms with E-state index in [1.165, 1.54) is 6.33 Å². The summed E-state index contributed by atoms with van der Waals surface area (Å²) in [5.74, 6) is -0.760. The Labute approximate surface area is 235 Å². The Bertz CT molecular complexity index is 1360. The molecule has 3 aromatic rings. The lowest BCUT2D eigenvalue weighted by atomic mass is 9.89. The topological polar surface area (TPSA) is 67.6 Å². The number of fused-ring (bicyclic) bond motifs is 2. The minimum atomic E-state index is -1.95. The SMILES string of the molecule is CC1(C)O[C@H]2C(n3ccc4c(Cl)ncnc43)O[C@H](Cc3ccc(Cl)cc3CO[Si](C)(C)C(C)(C)C)[C@@]2(C)O1. The van der Waals surface area contributed by atoms with Crippen molar-refractivity contribution in [1.29, 1.82) is 0 Å². The third-order valence-corrected chi connectivity index (χ3v) is 13.4. The summed E-state index contributed by atoms with van der Waals surface area (Å²) in [5, 5.41) is 1.97. The Morgan fingerprint density at radius 1 is 1.08 bits per heavy atom. The number of benzene rings is 1. The number of rotatable bonds is 6. The number of nitrogens with zero attached hydrogens (tertiary/aromatic N) is 3. The van der Waals surface area contributed by atoms with E-state index in [2.05, 4.69) is 56.8 Å². The van der Waals surface area contributed by atoms with E-state index in [0.29, 0.717) is 28.9 Å². The molecule has 10 heteroatoms. The van der Waals surface area contributed by atoms with Gasteiger partial charge in [0.15, 0.2) is 20.3 Å². The van der Waals surface area contributed by atoms with E-state index in [0.717, 1.165) is 16.5 Å². The molecule has 206 valence electrons. The lowest BCUT2D eigenvalue weighted by Gasteiger charge is -2.36. The van der Waals surface area contributed by atoms with Crippen molar-refractivity contribution < 1.29 is 18.6 Å². The second-order valence-electron chi connectivity index (χ2n) is 12.5. The van der Waals surface area contributed by atoms with E-state index >= 15 is 0 Å². The van der Waals surface area contributed by atoms with Gasteiger partial charge in [0.25, 0.3) is 0 Å². The zero-order valence-corrected chi connectivity index (χ0v) is 25.9. The van der Waals surface area contributed by atoms with Crippen molar-refractivity contribution in [2.24, 2.45) is 0 Å². The molecule has 0 saturated carbocycles. The smallest absolute Gasteiger partial charge is 0.192 e. The van der Waals surface area contributed by atoms with Crippen LogP contribution in [0.2, 0.25) is 28.3 Å². The normalized spacial score (nSPS) is 27.3. The fraction of sp³-hybridized carbons (Fsp3) is 0.571. The molecule has 38 heavy (non-hydrogen) atoms. The van der Waals surface area contributed by atoms with Crippen LogP contribution in [-0.2, 0) is 31.7 Å². The van der Waals surface area contributed by atoms with Crippen LogP contribution >= 0.6 is 23.2 Å². The first-order chi connectivity index (χ1) is 17.6. The molecule has 0 bridgehead atoms. The van der Waals surface area contributed by atoms with Gasteiger partial charge in [-0.1, -0.05) is 50.0 Å². The molecule has 0 amide bonds. The highest BCUT2D eigenvalue weighted by atomic mass is 35.5. The van der Waals surface area contributed by atoms with Crippen LogP contribution in [0.25, 0.3) is 11.0 Å². The molecule has 5 rings (SSSR count). The standard InChI is InChI=1S/C28H37Cl2N3O4Si/c1-26(2,3)38(7,8)34-15-18-13-19(29)10-9-17(18)14-21-28(6)22(36-27(4,5)37-28)25(35-21)33-12-11-20-23(30)31-16-32-24(20)33/h9-13,16,21-22,25H,14-15H2,1-8H3/t21-,22+,25?,28-/m1/s1. The van der Waals surface area contributed by atoms with Gasteiger partial charge < -0.3 is 23.2 Å². The van der Waals surface area contributed by atoms with E-state index < -0.39 is 25.9 Å². The van der Waals surface area contributed by atoms with Gasteiger partial charge in [-0.2, -0.15) is 0 Å². The molecule has 2 aromatic heterocycles. The van der Waals surface area contributed by atoms with Gasteiger partial charge in [-0.3, -0.25) is 0 Å². The van der Waals surface area contributed by atoms with Crippen molar-refractivity contribution >= 4 is 42.6 Å². The van der Waals surface area contributed by atoms with Crippen molar-refractivity contribution in [1.82, 2.24) is 14.5 Å². The summed E-state index contributed by atoms with van der Waals surface area (Å²) in [4.78, 5) is 8.60. The molecule has 0 N–H and O–H groups in total. The minimum Gasteiger partial charge on any atom is -0.413 e. The summed E-state index contributed by atoms with van der Waals surface area (Å²) in [7, 11) is -1.95. The number of aromatic nitrogens is 3. The summed E-state index contributed by atoms with van der Waals surface area (Å²) in [5.41, 5.74) is 2.19. The summed E-state index contributed by atoms with van der Waals surface area (Å²) >= 11 is 12.8. The summed E-state index contributed by atoms with van der Waals surface area (Å²) in [6, 6.07) is 7.90. The van der Waals surface area contributed by atoms with Gasteiger partial charge in [-0.25, -0.2) is 9.97 Å². The van der Waals surface area contributed by atoms with E-state index in [1.54, 1.807) is 0 Å². The third-order valence-electron chi connectivity index (χ3n) is 8.35. The van der Waals surface area contributed by atoms with Gasteiger partial charge >= 0.3 is 0 Å². The first-order valence-electron chi connectivity index (χ1n) is 13.0. The van der Waals surface area contributed by atoms with Crippen molar-refractivity contribution in [2.75, 3.05) is 0 Å². The minimum absolute atomic E-state index is 0.112. The molecule has 4 atom stereocenters. The van der Waals surface area contributed by atoms with Crippen molar-refractivity contribution in [3.8, 4) is 0 Å². The average molecular weight is 579 g/mol. The third kappa shape index (κ3) is 4.94. The summed E-state index contributed by atoms with van der Waals surface area (Å²) in [6.45, 7) is 17.7. The monoisotopic (exact) mass is 577 g/mol. The lowest BCUT2D eigenvalue weighted by Crippen LogP contribution is -2.44. The zero-order chi connectivity index (χ0) is 27.7. The van der Waals surface area contributed by atoms with E-state index in [4.69, 9.17) is 41.8 Å². The second kappa shape index (κ2) is 9.54. The maximum Gasteiger partial charge on any atom is 0.192 e. The van der Waals surface area contributed by atoms with Crippen LogP contribution in [0.15, 0.2) is 36.8 Å². The molecule has 7 nitrogen and oxygen atoms in total. The van der Waals surface area contributed by atoms with Crippen LogP contribution in [0.1, 0.15) is 58.9 Å². The molecule has 0 radical (unpaired) electrons. The Morgan fingerprint density at radius 2 is 1.82 bits per heavy atom. The number of halogens is 2. The molecule has 4 heterocycles. The molecular weight excluding hydrogens is 541 g/mol. The van der Waals surface area contributed by atoms with Gasteiger partial charge in [0.2, 0.25) is 0 Å². The largest absolute Gasteiger partial charge is 0.413 e. The van der Waals surface area contributed by atoms with Crippen LogP contribution < -0.4 is 0 Å². The average Bonchev–Trinajstić information content (AvgIpc) is 3.41. The fourth-order valence-electron chi connectivity index (χ4n) is 5.21. The molecule has 2 fully saturated rings. The van der Waals surface area contributed by atoms with Gasteiger partial charge in [0.1, 0.15) is 28.8 Å². The maximum absolute atomic E-state index is 6.75. The molecule has 2 saturated heterocycles. The van der Waals surface area contributed by atoms with Crippen LogP contribution in [0.4, 0.5) is 0 Å². The van der Waals surface area contributed by atoms with Crippen LogP contribution in [0.5, 0.6) is 0 Å². The molecule has 2 aliphatic rings. The van der Waals surface area contributed by atoms with Crippen molar-refractivity contribution in [3.63, 3.8) is 0 Å². The van der Waals surface area contributed by atoms with Crippen molar-refractivity contribution in [3.05, 3.63) is 58.1 Å². The predicted molar refractivity (Wildman–Crippen MR) is 152 cm³/mol. The second-order valence-corrected chi connectivity index (χ2v) is 18.1. The van der Waals surface area contributed by atoms with E-state index in [9.17, 15) is 0 Å². The molecular formula is C28H37Cl2N3O4Si. The van der Waals surface area contributed by atoms with Crippen LogP contribution in [-0.4, -0.2) is 46.4 Å². The summed E-state index contributed by atoms with van der Waals surface area (Å²) in [6.07, 6.45) is 2.91. The Hall–Kier alpha value is -1.52. The number of hydrogen-bond donors (Lipinski definition) is 0. The molecule has 2 aliphatic heterocycles. The fourth-order valence-corrected chi connectivity index (χ4v) is 6.54. The van der Waals surface area contributed by atoms with Crippen LogP contribution in [0.3, 0.4) is 0 Å². The van der Waals surface area contributed by atoms with E-state index in [1.807, 2.05) is 42.8 Å². The summed E-state index contributed by atoms with van der Waals surface area (Å²) < 4.78 is 28.3.